The van der Waals surface area contributed by atoms with Crippen molar-refractivity contribution in [2.45, 2.75) is 37.7 Å². The molecule has 6 rings (SSSR count). The molecule has 4 amide bonds. The molecule has 7 nitrogen and oxygen atoms in total. The van der Waals surface area contributed by atoms with E-state index in [1.54, 1.807) is 12.1 Å². The van der Waals surface area contributed by atoms with Crippen molar-refractivity contribution < 1.29 is 50.3 Å². The number of alkyl halides is 6. The Morgan fingerprint density at radius 1 is 0.583 bits per heavy atom. The van der Waals surface area contributed by atoms with Gasteiger partial charge in [-0.15, -0.1) is 0 Å². The minimum Gasteiger partial charge on any atom is -0.457 e. The maximum absolute atomic E-state index is 15.0. The molecule has 0 saturated heterocycles. The van der Waals surface area contributed by atoms with E-state index in [4.69, 9.17) is 4.74 Å². The lowest BCUT2D eigenvalue weighted by Crippen LogP contribution is -2.55. The van der Waals surface area contributed by atoms with E-state index in [2.05, 4.69) is 22.6 Å². The summed E-state index contributed by atoms with van der Waals surface area (Å²) in [5.74, 6) is -3.13. The Labute approximate surface area is 282 Å². The molecule has 4 aromatic rings. The van der Waals surface area contributed by atoms with Crippen LogP contribution in [0.25, 0.3) is 0 Å². The number of carbonyl (C=O) groups is 4. The van der Waals surface area contributed by atoms with E-state index in [-0.39, 0.29) is 11.3 Å². The quantitative estimate of drug-likeness (QED) is 0.112. The van der Waals surface area contributed by atoms with E-state index in [0.29, 0.717) is 40.7 Å². The van der Waals surface area contributed by atoms with Crippen LogP contribution in [-0.2, 0) is 5.41 Å². The first kappa shape index (κ1) is 33.2. The Bertz CT molecular complexity index is 1990. The highest BCUT2D eigenvalue weighted by molar-refractivity contribution is 14.1. The first-order chi connectivity index (χ1) is 22.5. The number of hydrogen-bond acceptors (Lipinski definition) is 5. The Kier molecular flexibility index (Phi) is 7.92. The fraction of sp³-hybridized carbons (Fsp3) is 0.176. The molecule has 0 aliphatic carbocycles. The number of imide groups is 2. The second kappa shape index (κ2) is 11.5. The van der Waals surface area contributed by atoms with Crippen molar-refractivity contribution in [1.29, 1.82) is 0 Å². The van der Waals surface area contributed by atoms with E-state index in [9.17, 15) is 45.5 Å². The molecule has 0 bridgehead atoms. The lowest BCUT2D eigenvalue weighted by atomic mass is 9.71. The molecule has 246 valence electrons. The summed E-state index contributed by atoms with van der Waals surface area (Å²) in [5, 5.41) is 0. The average molecular weight is 778 g/mol. The molecule has 0 fully saturated rings. The second-order valence-corrected chi connectivity index (χ2v) is 12.6. The van der Waals surface area contributed by atoms with Gasteiger partial charge in [0.1, 0.15) is 11.5 Å². The van der Waals surface area contributed by atoms with Crippen LogP contribution in [0.1, 0.15) is 66.4 Å². The number of benzene rings is 4. The number of amides is 4. The van der Waals surface area contributed by atoms with Gasteiger partial charge in [0.25, 0.3) is 23.6 Å². The van der Waals surface area contributed by atoms with Gasteiger partial charge in [0.05, 0.1) is 27.9 Å². The molecule has 2 aliphatic rings. The summed E-state index contributed by atoms with van der Waals surface area (Å²) in [4.78, 5) is 53.8. The summed E-state index contributed by atoms with van der Waals surface area (Å²) in [6, 6.07) is 15.3. The van der Waals surface area contributed by atoms with Crippen molar-refractivity contribution in [2.24, 2.45) is 0 Å². The van der Waals surface area contributed by atoms with Crippen LogP contribution < -0.4 is 9.64 Å². The largest absolute Gasteiger partial charge is 0.457 e. The normalized spacial score (nSPS) is 15.0. The number of fused-ring (bicyclic) bond motifs is 2. The summed E-state index contributed by atoms with van der Waals surface area (Å²) >= 11 is 2.12. The predicted octanol–water partition coefficient (Wildman–Crippen LogP) is 8.30. The molecule has 14 heteroatoms. The molecule has 0 atom stereocenters. The number of rotatable bonds is 6. The van der Waals surface area contributed by atoms with Gasteiger partial charge in [-0.2, -0.15) is 26.3 Å². The fourth-order valence-electron chi connectivity index (χ4n) is 5.95. The summed E-state index contributed by atoms with van der Waals surface area (Å²) in [7, 11) is 0. The third-order valence-electron chi connectivity index (χ3n) is 8.18. The first-order valence-corrected chi connectivity index (χ1v) is 15.3. The average Bonchev–Trinajstić information content (AvgIpc) is 3.41. The summed E-state index contributed by atoms with van der Waals surface area (Å²) in [6.07, 6.45) is -12.1. The summed E-state index contributed by atoms with van der Waals surface area (Å²) in [6.45, 7) is 2.94. The SMILES string of the molecule is CC(C)N1C(=O)c2ccc(C(c3ccc4c(c3)C(=O)N(c3ccc(Oc5ccc(I)cc5)cc3)C4=O)(C(F)(F)F)C(F)(F)F)cc2C1=O. The van der Waals surface area contributed by atoms with Crippen LogP contribution in [0.15, 0.2) is 84.9 Å². The van der Waals surface area contributed by atoms with Gasteiger partial charge in [-0.3, -0.25) is 24.1 Å². The standard InChI is InChI=1S/C34H21F6IN2O5/c1-17(2)42-28(44)24-13-3-18(15-26(24)30(42)46)32(33(35,36)37,34(38,39)40)19-4-14-25-27(16-19)31(47)43(29(25)45)21-7-11-23(12-8-21)48-22-9-5-20(41)6-10-22/h3-17H,1-2H3. The Balaban J connectivity index is 1.41. The zero-order valence-corrected chi connectivity index (χ0v) is 26.9. The lowest BCUT2D eigenvalue weighted by Gasteiger charge is -2.38. The van der Waals surface area contributed by atoms with E-state index in [1.165, 1.54) is 38.1 Å². The molecule has 0 unspecified atom stereocenters. The van der Waals surface area contributed by atoms with E-state index >= 15 is 0 Å². The smallest absolute Gasteiger partial charge is 0.411 e. The van der Waals surface area contributed by atoms with Crippen molar-refractivity contribution in [1.82, 2.24) is 4.90 Å². The molecule has 0 radical (unpaired) electrons. The number of halogens is 7. The van der Waals surface area contributed by atoms with E-state index < -0.39 is 75.3 Å². The predicted molar refractivity (Wildman–Crippen MR) is 168 cm³/mol. The molecule has 4 aromatic carbocycles. The minimum absolute atomic E-state index is 0.00660. The van der Waals surface area contributed by atoms with Gasteiger partial charge in [-0.1, -0.05) is 12.1 Å². The highest BCUT2D eigenvalue weighted by Crippen LogP contribution is 2.57. The molecule has 0 aromatic heterocycles. The van der Waals surface area contributed by atoms with Crippen molar-refractivity contribution in [3.63, 3.8) is 0 Å². The highest BCUT2D eigenvalue weighted by atomic mass is 127. The molecule has 48 heavy (non-hydrogen) atoms. The van der Waals surface area contributed by atoms with Crippen LogP contribution in [0.3, 0.4) is 0 Å². The van der Waals surface area contributed by atoms with Crippen LogP contribution in [0, 0.1) is 3.57 Å². The molecular formula is C34H21F6IN2O5. The van der Waals surface area contributed by atoms with Crippen molar-refractivity contribution in [3.8, 4) is 11.5 Å². The highest BCUT2D eigenvalue weighted by Gasteiger charge is 2.73. The second-order valence-electron chi connectivity index (χ2n) is 11.3. The number of ether oxygens (including phenoxy) is 1. The molecule has 0 spiro atoms. The molecule has 2 aliphatic heterocycles. The maximum Gasteiger partial charge on any atom is 0.411 e. The zero-order chi connectivity index (χ0) is 34.9. The Morgan fingerprint density at radius 3 is 1.48 bits per heavy atom. The number of nitrogens with zero attached hydrogens (tertiary/aromatic N) is 2. The third-order valence-corrected chi connectivity index (χ3v) is 8.90. The van der Waals surface area contributed by atoms with Gasteiger partial charge in [-0.05, 0) is 120 Å². The topological polar surface area (TPSA) is 84.0 Å². The van der Waals surface area contributed by atoms with E-state index in [0.717, 1.165) is 20.6 Å². The van der Waals surface area contributed by atoms with Crippen LogP contribution >= 0.6 is 22.6 Å². The summed E-state index contributed by atoms with van der Waals surface area (Å²) in [5.41, 5.74) is -9.55. The van der Waals surface area contributed by atoms with E-state index in [1.807, 2.05) is 12.1 Å². The molecular weight excluding hydrogens is 757 g/mol. The van der Waals surface area contributed by atoms with Crippen molar-refractivity contribution >= 4 is 51.9 Å². The fourth-order valence-corrected chi connectivity index (χ4v) is 6.31. The molecule has 0 N–H and O–H groups in total. The summed E-state index contributed by atoms with van der Waals surface area (Å²) < 4.78 is 96.7. The first-order valence-electron chi connectivity index (χ1n) is 14.2. The van der Waals surface area contributed by atoms with Crippen LogP contribution in [0.5, 0.6) is 11.5 Å². The van der Waals surface area contributed by atoms with Crippen molar-refractivity contribution in [3.05, 3.63) is 122 Å². The third kappa shape index (κ3) is 5.04. The van der Waals surface area contributed by atoms with Gasteiger partial charge >= 0.3 is 12.4 Å². The number of carbonyl (C=O) groups excluding carboxylic acids is 4. The number of anilines is 1. The van der Waals surface area contributed by atoms with Gasteiger partial charge < -0.3 is 4.74 Å². The zero-order valence-electron chi connectivity index (χ0n) is 24.7. The number of hydrogen-bond donors (Lipinski definition) is 0. The van der Waals surface area contributed by atoms with Crippen molar-refractivity contribution in [2.75, 3.05) is 4.90 Å². The maximum atomic E-state index is 15.0. The lowest BCUT2D eigenvalue weighted by molar-refractivity contribution is -0.288. The van der Waals surface area contributed by atoms with Gasteiger partial charge in [0.15, 0.2) is 0 Å². The molecule has 2 heterocycles. The van der Waals surface area contributed by atoms with Gasteiger partial charge in [0, 0.05) is 9.61 Å². The van der Waals surface area contributed by atoms with Gasteiger partial charge in [0.2, 0.25) is 5.41 Å². The molecule has 0 saturated carbocycles. The monoisotopic (exact) mass is 778 g/mol. The van der Waals surface area contributed by atoms with Crippen LogP contribution in [0.4, 0.5) is 32.0 Å². The van der Waals surface area contributed by atoms with Crippen LogP contribution in [-0.4, -0.2) is 46.9 Å². The van der Waals surface area contributed by atoms with Gasteiger partial charge in [-0.25, -0.2) is 4.90 Å². The Hall–Kier alpha value is -4.73. The van der Waals surface area contributed by atoms with Crippen LogP contribution in [0.2, 0.25) is 0 Å². The minimum atomic E-state index is -6.06. The Morgan fingerprint density at radius 2 is 1.00 bits per heavy atom.